The summed E-state index contributed by atoms with van der Waals surface area (Å²) in [5.41, 5.74) is 3.66. The maximum atomic E-state index is 12.3. The molecular formula is C21H15BrN2O5. The first kappa shape index (κ1) is 18.8. The minimum Gasteiger partial charge on any atom is -0.508 e. The molecule has 2 N–H and O–H groups in total. The summed E-state index contributed by atoms with van der Waals surface area (Å²) in [6, 6.07) is 16.6. The molecule has 3 aromatic carbocycles. The van der Waals surface area contributed by atoms with Gasteiger partial charge in [0.05, 0.1) is 6.21 Å². The number of carbonyl (C=O) groups is 1. The van der Waals surface area contributed by atoms with Gasteiger partial charge in [0.15, 0.2) is 11.5 Å². The number of amides is 1. The van der Waals surface area contributed by atoms with Gasteiger partial charge < -0.3 is 19.3 Å². The minimum atomic E-state index is -0.353. The molecule has 1 heterocycles. The van der Waals surface area contributed by atoms with Gasteiger partial charge in [0.2, 0.25) is 6.79 Å². The van der Waals surface area contributed by atoms with E-state index in [0.29, 0.717) is 28.6 Å². The lowest BCUT2D eigenvalue weighted by Crippen LogP contribution is -2.17. The lowest BCUT2D eigenvalue weighted by atomic mass is 10.2. The molecule has 1 aliphatic rings. The number of nitrogens with one attached hydrogen (secondary N) is 1. The fourth-order valence-electron chi connectivity index (χ4n) is 2.58. The number of phenols is 1. The zero-order chi connectivity index (χ0) is 20.2. The van der Waals surface area contributed by atoms with Crippen LogP contribution in [0.1, 0.15) is 15.9 Å². The van der Waals surface area contributed by atoms with Gasteiger partial charge in [-0.05, 0) is 76.6 Å². The van der Waals surface area contributed by atoms with Crippen LogP contribution >= 0.6 is 15.9 Å². The number of fused-ring (bicyclic) bond motifs is 1. The summed E-state index contributed by atoms with van der Waals surface area (Å²) in [5.74, 6) is 2.25. The minimum absolute atomic E-state index is 0.165. The molecule has 0 radical (unpaired) electrons. The molecule has 0 unspecified atom stereocenters. The lowest BCUT2D eigenvalue weighted by molar-refractivity contribution is 0.0955. The molecule has 0 aliphatic carbocycles. The normalized spacial score (nSPS) is 12.2. The first-order valence-electron chi connectivity index (χ1n) is 8.58. The molecule has 0 saturated carbocycles. The van der Waals surface area contributed by atoms with Gasteiger partial charge in [0, 0.05) is 15.6 Å². The summed E-state index contributed by atoms with van der Waals surface area (Å²) in [6.07, 6.45) is 1.52. The van der Waals surface area contributed by atoms with E-state index in [1.807, 2.05) is 0 Å². The van der Waals surface area contributed by atoms with Crippen molar-refractivity contribution in [1.82, 2.24) is 5.43 Å². The Morgan fingerprint density at radius 1 is 1.03 bits per heavy atom. The van der Waals surface area contributed by atoms with Gasteiger partial charge in [-0.25, -0.2) is 5.43 Å². The Morgan fingerprint density at radius 2 is 1.66 bits per heavy atom. The largest absolute Gasteiger partial charge is 0.508 e. The second kappa shape index (κ2) is 8.24. The van der Waals surface area contributed by atoms with E-state index in [4.69, 9.17) is 14.2 Å². The predicted octanol–water partition coefficient (Wildman–Crippen LogP) is 4.44. The molecule has 1 amide bonds. The maximum Gasteiger partial charge on any atom is 0.271 e. The van der Waals surface area contributed by atoms with Crippen LogP contribution in [0.2, 0.25) is 0 Å². The average Bonchev–Trinajstić information content (AvgIpc) is 3.17. The zero-order valence-electron chi connectivity index (χ0n) is 15.0. The Balaban J connectivity index is 1.37. The first-order valence-corrected chi connectivity index (χ1v) is 9.37. The van der Waals surface area contributed by atoms with Crippen LogP contribution in [0.15, 0.2) is 70.2 Å². The SMILES string of the molecule is O=C(N/N=C/c1cc2c(cc1Br)OCO2)c1ccc(Oc2ccc(O)cc2)cc1. The maximum absolute atomic E-state index is 12.3. The Bertz CT molecular complexity index is 1070. The molecular weight excluding hydrogens is 440 g/mol. The quantitative estimate of drug-likeness (QED) is 0.439. The van der Waals surface area contributed by atoms with E-state index in [1.54, 1.807) is 48.5 Å². The van der Waals surface area contributed by atoms with E-state index in [1.165, 1.54) is 18.3 Å². The standard InChI is InChI=1S/C21H15BrN2O5/c22-18-10-20-19(27-12-28-20)9-14(18)11-23-24-21(26)13-1-5-16(6-2-13)29-17-7-3-15(25)4-8-17/h1-11,25H,12H2,(H,24,26)/b23-11+. The molecule has 1 aliphatic heterocycles. The molecule has 0 bridgehead atoms. The number of hydrogen-bond acceptors (Lipinski definition) is 6. The monoisotopic (exact) mass is 454 g/mol. The van der Waals surface area contributed by atoms with Crippen molar-refractivity contribution in [3.8, 4) is 28.7 Å². The molecule has 0 aromatic heterocycles. The smallest absolute Gasteiger partial charge is 0.271 e. The van der Waals surface area contributed by atoms with Crippen LogP contribution in [0.3, 0.4) is 0 Å². The number of nitrogens with zero attached hydrogens (tertiary/aromatic N) is 1. The third-order valence-electron chi connectivity index (χ3n) is 4.05. The third-order valence-corrected chi connectivity index (χ3v) is 4.74. The van der Waals surface area contributed by atoms with E-state index in [-0.39, 0.29) is 18.4 Å². The van der Waals surface area contributed by atoms with E-state index in [2.05, 4.69) is 26.5 Å². The van der Waals surface area contributed by atoms with E-state index in [0.717, 1.165) is 10.0 Å². The fraction of sp³-hybridized carbons (Fsp3) is 0.0476. The summed E-state index contributed by atoms with van der Waals surface area (Å²) >= 11 is 3.43. The topological polar surface area (TPSA) is 89.4 Å². The number of benzene rings is 3. The van der Waals surface area contributed by atoms with E-state index < -0.39 is 0 Å². The highest BCUT2D eigenvalue weighted by Crippen LogP contribution is 2.36. The molecule has 0 saturated heterocycles. The van der Waals surface area contributed by atoms with Crippen LogP contribution in [0.25, 0.3) is 0 Å². The van der Waals surface area contributed by atoms with Gasteiger partial charge in [0.25, 0.3) is 5.91 Å². The van der Waals surface area contributed by atoms with Crippen molar-refractivity contribution in [2.45, 2.75) is 0 Å². The molecule has 146 valence electrons. The van der Waals surface area contributed by atoms with Gasteiger partial charge in [-0.3, -0.25) is 4.79 Å². The van der Waals surface area contributed by atoms with Gasteiger partial charge in [0.1, 0.15) is 17.2 Å². The second-order valence-corrected chi connectivity index (χ2v) is 6.90. The van der Waals surface area contributed by atoms with Crippen LogP contribution in [0.4, 0.5) is 0 Å². The number of rotatable bonds is 5. The van der Waals surface area contributed by atoms with Crippen molar-refractivity contribution in [1.29, 1.82) is 0 Å². The van der Waals surface area contributed by atoms with Crippen LogP contribution in [-0.2, 0) is 0 Å². The van der Waals surface area contributed by atoms with Crippen LogP contribution in [0, 0.1) is 0 Å². The van der Waals surface area contributed by atoms with Crippen LogP contribution in [-0.4, -0.2) is 24.0 Å². The van der Waals surface area contributed by atoms with Crippen molar-refractivity contribution in [3.63, 3.8) is 0 Å². The van der Waals surface area contributed by atoms with E-state index in [9.17, 15) is 9.90 Å². The highest BCUT2D eigenvalue weighted by molar-refractivity contribution is 9.10. The van der Waals surface area contributed by atoms with Crippen molar-refractivity contribution in [3.05, 3.63) is 76.3 Å². The number of carbonyl (C=O) groups excluding carboxylic acids is 1. The fourth-order valence-corrected chi connectivity index (χ4v) is 3.01. The molecule has 0 spiro atoms. The van der Waals surface area contributed by atoms with Crippen molar-refractivity contribution in [2.75, 3.05) is 6.79 Å². The summed E-state index contributed by atoms with van der Waals surface area (Å²) in [7, 11) is 0. The van der Waals surface area contributed by atoms with Gasteiger partial charge >= 0.3 is 0 Å². The summed E-state index contributed by atoms with van der Waals surface area (Å²) < 4.78 is 17.1. The Morgan fingerprint density at radius 3 is 2.34 bits per heavy atom. The molecule has 7 nitrogen and oxygen atoms in total. The Hall–Kier alpha value is -3.52. The predicted molar refractivity (Wildman–Crippen MR) is 110 cm³/mol. The summed E-state index contributed by atoms with van der Waals surface area (Å²) in [5, 5.41) is 13.3. The number of ether oxygens (including phenoxy) is 3. The average molecular weight is 455 g/mol. The molecule has 8 heteroatoms. The Kier molecular flexibility index (Phi) is 5.35. The lowest BCUT2D eigenvalue weighted by Gasteiger charge is -2.06. The van der Waals surface area contributed by atoms with Crippen molar-refractivity contribution < 1.29 is 24.1 Å². The molecule has 4 rings (SSSR count). The highest BCUT2D eigenvalue weighted by atomic mass is 79.9. The third kappa shape index (κ3) is 4.49. The number of hydrazone groups is 1. The highest BCUT2D eigenvalue weighted by Gasteiger charge is 2.15. The van der Waals surface area contributed by atoms with Crippen molar-refractivity contribution in [2.24, 2.45) is 5.10 Å². The summed E-state index contributed by atoms with van der Waals surface area (Å²) in [4.78, 5) is 12.3. The molecule has 0 atom stereocenters. The molecule has 0 fully saturated rings. The molecule has 3 aromatic rings. The first-order chi connectivity index (χ1) is 14.1. The van der Waals surface area contributed by atoms with Crippen LogP contribution in [0.5, 0.6) is 28.7 Å². The van der Waals surface area contributed by atoms with E-state index >= 15 is 0 Å². The summed E-state index contributed by atoms with van der Waals surface area (Å²) in [6.45, 7) is 0.186. The van der Waals surface area contributed by atoms with Gasteiger partial charge in [-0.2, -0.15) is 5.10 Å². The van der Waals surface area contributed by atoms with Crippen molar-refractivity contribution >= 4 is 28.1 Å². The number of aromatic hydroxyl groups is 1. The second-order valence-electron chi connectivity index (χ2n) is 6.05. The van der Waals surface area contributed by atoms with Crippen LogP contribution < -0.4 is 19.6 Å². The zero-order valence-corrected chi connectivity index (χ0v) is 16.5. The number of hydrogen-bond donors (Lipinski definition) is 2. The number of phenolic OH excluding ortho intramolecular Hbond substituents is 1. The molecule has 29 heavy (non-hydrogen) atoms. The number of halogens is 1. The van der Waals surface area contributed by atoms with Gasteiger partial charge in [-0.1, -0.05) is 0 Å². The Labute approximate surface area is 174 Å². The van der Waals surface area contributed by atoms with Gasteiger partial charge in [-0.15, -0.1) is 0 Å².